The molecule has 6 nitrogen and oxygen atoms in total. The molecule has 2 amide bonds. The van der Waals surface area contributed by atoms with E-state index in [2.05, 4.69) is 12.2 Å². The van der Waals surface area contributed by atoms with E-state index in [1.807, 2.05) is 4.90 Å². The first-order valence-corrected chi connectivity index (χ1v) is 7.17. The van der Waals surface area contributed by atoms with Crippen LogP contribution in [0.15, 0.2) is 24.3 Å². The number of nitrogens with two attached hydrogens (primary N) is 2. The molecule has 1 aromatic rings. The lowest BCUT2D eigenvalue weighted by molar-refractivity contribution is -0.120. The maximum absolute atomic E-state index is 11.9. The van der Waals surface area contributed by atoms with Gasteiger partial charge in [0.1, 0.15) is 0 Å². The van der Waals surface area contributed by atoms with Gasteiger partial charge >= 0.3 is 0 Å². The van der Waals surface area contributed by atoms with Crippen molar-refractivity contribution in [3.63, 3.8) is 0 Å². The van der Waals surface area contributed by atoms with E-state index in [1.165, 1.54) is 0 Å². The minimum Gasteiger partial charge on any atom is -0.399 e. The van der Waals surface area contributed by atoms with Crippen LogP contribution in [0.25, 0.3) is 0 Å². The van der Waals surface area contributed by atoms with Crippen molar-refractivity contribution in [1.29, 1.82) is 0 Å². The van der Waals surface area contributed by atoms with Crippen LogP contribution < -0.4 is 16.8 Å². The monoisotopic (exact) mass is 292 g/mol. The molecule has 0 heterocycles. The largest absolute Gasteiger partial charge is 0.399 e. The van der Waals surface area contributed by atoms with Crippen LogP contribution >= 0.6 is 0 Å². The molecule has 0 aliphatic rings. The second kappa shape index (κ2) is 8.97. The summed E-state index contributed by atoms with van der Waals surface area (Å²) in [6, 6.07) is 7.03. The standard InChI is InChI=1S/C15H24N4O2/c1-2-3-8-19(11-14(17)20)9-7-15(21)18-13-6-4-5-12(16)10-13/h4-6,10H,2-3,7-9,11,16H2,1H3,(H2,17,20)(H,18,21). The molecule has 0 saturated heterocycles. The quantitative estimate of drug-likeness (QED) is 0.595. The van der Waals surface area contributed by atoms with Crippen molar-refractivity contribution >= 4 is 23.2 Å². The molecule has 21 heavy (non-hydrogen) atoms. The number of hydrogen-bond acceptors (Lipinski definition) is 4. The fraction of sp³-hybridized carbons (Fsp3) is 0.467. The van der Waals surface area contributed by atoms with E-state index in [9.17, 15) is 9.59 Å². The smallest absolute Gasteiger partial charge is 0.231 e. The van der Waals surface area contributed by atoms with Crippen LogP contribution in [-0.4, -0.2) is 36.3 Å². The average molecular weight is 292 g/mol. The Bertz CT molecular complexity index is 476. The maximum Gasteiger partial charge on any atom is 0.231 e. The molecule has 1 rings (SSSR count). The second-order valence-corrected chi connectivity index (χ2v) is 5.02. The number of hydrogen-bond donors (Lipinski definition) is 3. The van der Waals surface area contributed by atoms with Crippen LogP contribution in [0.1, 0.15) is 26.2 Å². The number of benzene rings is 1. The van der Waals surface area contributed by atoms with Gasteiger partial charge in [-0.25, -0.2) is 0 Å². The summed E-state index contributed by atoms with van der Waals surface area (Å²) >= 11 is 0. The molecule has 0 aliphatic carbocycles. The van der Waals surface area contributed by atoms with Crippen LogP contribution in [0.2, 0.25) is 0 Å². The number of unbranched alkanes of at least 4 members (excludes halogenated alkanes) is 1. The zero-order valence-corrected chi connectivity index (χ0v) is 12.5. The molecule has 0 fully saturated rings. The molecule has 0 bridgehead atoms. The van der Waals surface area contributed by atoms with E-state index < -0.39 is 0 Å². The molecule has 116 valence electrons. The number of carbonyl (C=O) groups excluding carboxylic acids is 2. The number of nitrogens with one attached hydrogen (secondary N) is 1. The van der Waals surface area contributed by atoms with Gasteiger partial charge in [-0.15, -0.1) is 0 Å². The van der Waals surface area contributed by atoms with E-state index in [1.54, 1.807) is 24.3 Å². The zero-order chi connectivity index (χ0) is 15.7. The van der Waals surface area contributed by atoms with Gasteiger partial charge in [-0.3, -0.25) is 14.5 Å². The molecule has 0 aromatic heterocycles. The minimum absolute atomic E-state index is 0.105. The van der Waals surface area contributed by atoms with E-state index in [4.69, 9.17) is 11.5 Å². The molecule has 0 radical (unpaired) electrons. The molecule has 1 aromatic carbocycles. The molecule has 0 spiro atoms. The molecule has 0 atom stereocenters. The lowest BCUT2D eigenvalue weighted by Gasteiger charge is -2.20. The van der Waals surface area contributed by atoms with Crippen LogP contribution in [0.5, 0.6) is 0 Å². The number of anilines is 2. The van der Waals surface area contributed by atoms with Crippen molar-refractivity contribution in [1.82, 2.24) is 4.90 Å². The summed E-state index contributed by atoms with van der Waals surface area (Å²) in [7, 11) is 0. The van der Waals surface area contributed by atoms with Crippen molar-refractivity contribution in [2.24, 2.45) is 5.73 Å². The Morgan fingerprint density at radius 3 is 2.67 bits per heavy atom. The minimum atomic E-state index is -0.373. The second-order valence-electron chi connectivity index (χ2n) is 5.02. The molecular formula is C15H24N4O2. The Balaban J connectivity index is 2.43. The highest BCUT2D eigenvalue weighted by Gasteiger charge is 2.10. The van der Waals surface area contributed by atoms with E-state index in [0.29, 0.717) is 24.3 Å². The fourth-order valence-electron chi connectivity index (χ4n) is 1.97. The number of rotatable bonds is 9. The fourth-order valence-corrected chi connectivity index (χ4v) is 1.97. The number of primary amides is 1. The SMILES string of the molecule is CCCCN(CCC(=O)Nc1cccc(N)c1)CC(N)=O. The summed E-state index contributed by atoms with van der Waals surface area (Å²) in [4.78, 5) is 24.8. The number of nitrogens with zero attached hydrogens (tertiary/aromatic N) is 1. The van der Waals surface area contributed by atoms with Gasteiger partial charge in [0, 0.05) is 24.3 Å². The summed E-state index contributed by atoms with van der Waals surface area (Å²) in [6.07, 6.45) is 2.32. The third kappa shape index (κ3) is 7.31. The van der Waals surface area contributed by atoms with Gasteiger partial charge < -0.3 is 16.8 Å². The summed E-state index contributed by atoms with van der Waals surface area (Å²) in [5, 5.41) is 2.79. The van der Waals surface area contributed by atoms with E-state index in [0.717, 1.165) is 19.4 Å². The summed E-state index contributed by atoms with van der Waals surface area (Å²) in [6.45, 7) is 3.54. The molecule has 5 N–H and O–H groups in total. The van der Waals surface area contributed by atoms with Crippen LogP contribution in [0, 0.1) is 0 Å². The average Bonchev–Trinajstić information content (AvgIpc) is 2.41. The molecular weight excluding hydrogens is 268 g/mol. The van der Waals surface area contributed by atoms with Crippen molar-refractivity contribution in [2.45, 2.75) is 26.2 Å². The lowest BCUT2D eigenvalue weighted by atomic mass is 10.2. The summed E-state index contributed by atoms with van der Waals surface area (Å²) in [5.41, 5.74) is 12.2. The lowest BCUT2D eigenvalue weighted by Crippen LogP contribution is -2.36. The van der Waals surface area contributed by atoms with Crippen LogP contribution in [0.3, 0.4) is 0 Å². The summed E-state index contributed by atoms with van der Waals surface area (Å²) < 4.78 is 0. The number of carbonyl (C=O) groups is 2. The third-order valence-corrected chi connectivity index (χ3v) is 3.03. The van der Waals surface area contributed by atoms with Crippen molar-refractivity contribution in [3.8, 4) is 0 Å². The highest BCUT2D eigenvalue weighted by atomic mass is 16.2. The Morgan fingerprint density at radius 1 is 1.29 bits per heavy atom. The van der Waals surface area contributed by atoms with Gasteiger partial charge in [0.25, 0.3) is 0 Å². The van der Waals surface area contributed by atoms with Gasteiger partial charge in [0.2, 0.25) is 11.8 Å². The highest BCUT2D eigenvalue weighted by molar-refractivity contribution is 5.91. The predicted octanol–water partition coefficient (Wildman–Crippen LogP) is 1.18. The number of nitrogen functional groups attached to an aromatic ring is 1. The molecule has 0 saturated carbocycles. The first-order valence-electron chi connectivity index (χ1n) is 7.17. The predicted molar refractivity (Wildman–Crippen MR) is 84.6 cm³/mol. The van der Waals surface area contributed by atoms with Crippen molar-refractivity contribution < 1.29 is 9.59 Å². The Morgan fingerprint density at radius 2 is 2.05 bits per heavy atom. The van der Waals surface area contributed by atoms with E-state index in [-0.39, 0.29) is 18.4 Å². The van der Waals surface area contributed by atoms with Crippen LogP contribution in [-0.2, 0) is 9.59 Å². The van der Waals surface area contributed by atoms with Gasteiger partial charge in [0.15, 0.2) is 0 Å². The Hall–Kier alpha value is -2.08. The summed E-state index contributed by atoms with van der Waals surface area (Å²) in [5.74, 6) is -0.478. The normalized spacial score (nSPS) is 10.6. The Kier molecular flexibility index (Phi) is 7.25. The van der Waals surface area contributed by atoms with Crippen LogP contribution in [0.4, 0.5) is 11.4 Å². The maximum atomic E-state index is 11.9. The molecule has 0 aliphatic heterocycles. The van der Waals surface area contributed by atoms with Gasteiger partial charge in [-0.2, -0.15) is 0 Å². The molecule has 6 heteroatoms. The first kappa shape index (κ1) is 17.0. The van der Waals surface area contributed by atoms with Gasteiger partial charge in [-0.1, -0.05) is 19.4 Å². The topological polar surface area (TPSA) is 101 Å². The van der Waals surface area contributed by atoms with E-state index >= 15 is 0 Å². The first-order chi connectivity index (χ1) is 10.0. The van der Waals surface area contributed by atoms with Crippen molar-refractivity contribution in [2.75, 3.05) is 30.7 Å². The molecule has 0 unspecified atom stereocenters. The van der Waals surface area contributed by atoms with Gasteiger partial charge in [-0.05, 0) is 31.2 Å². The number of amides is 2. The zero-order valence-electron chi connectivity index (χ0n) is 12.5. The highest BCUT2D eigenvalue weighted by Crippen LogP contribution is 2.12. The van der Waals surface area contributed by atoms with Crippen molar-refractivity contribution in [3.05, 3.63) is 24.3 Å². The Labute approximate surface area is 125 Å². The third-order valence-electron chi connectivity index (χ3n) is 3.03. The van der Waals surface area contributed by atoms with Gasteiger partial charge in [0.05, 0.1) is 6.54 Å².